The standard InChI is InChI=1S/C17H18BrClFN/c1-4-21-17(12-6-5-7-14(18)16(12)20)13-8-11(3)15(19)9-10(13)2/h5-9,17,21H,4H2,1-3H3. The highest BCUT2D eigenvalue weighted by Crippen LogP contribution is 2.32. The van der Waals surface area contributed by atoms with Crippen molar-refractivity contribution in [2.24, 2.45) is 0 Å². The largest absolute Gasteiger partial charge is 0.306 e. The number of halogens is 3. The molecule has 4 heteroatoms. The molecular formula is C17H18BrClFN. The average molecular weight is 371 g/mol. The van der Waals surface area contributed by atoms with Crippen LogP contribution in [0.3, 0.4) is 0 Å². The van der Waals surface area contributed by atoms with Gasteiger partial charge in [-0.25, -0.2) is 4.39 Å². The van der Waals surface area contributed by atoms with Crippen LogP contribution < -0.4 is 5.32 Å². The van der Waals surface area contributed by atoms with E-state index in [1.807, 2.05) is 45.0 Å². The van der Waals surface area contributed by atoms with Gasteiger partial charge in [-0.3, -0.25) is 0 Å². The van der Waals surface area contributed by atoms with E-state index in [0.717, 1.165) is 28.3 Å². The van der Waals surface area contributed by atoms with E-state index in [1.165, 1.54) is 0 Å². The van der Waals surface area contributed by atoms with E-state index in [4.69, 9.17) is 11.6 Å². The molecule has 0 bridgehead atoms. The van der Waals surface area contributed by atoms with E-state index >= 15 is 0 Å². The topological polar surface area (TPSA) is 12.0 Å². The second-order valence-electron chi connectivity index (χ2n) is 5.09. The highest BCUT2D eigenvalue weighted by atomic mass is 79.9. The molecule has 112 valence electrons. The minimum absolute atomic E-state index is 0.191. The molecule has 1 unspecified atom stereocenters. The van der Waals surface area contributed by atoms with Gasteiger partial charge in [-0.1, -0.05) is 36.7 Å². The Labute approximate surface area is 138 Å². The summed E-state index contributed by atoms with van der Waals surface area (Å²) in [6.07, 6.45) is 0. The summed E-state index contributed by atoms with van der Waals surface area (Å²) < 4.78 is 14.9. The van der Waals surface area contributed by atoms with E-state index in [9.17, 15) is 4.39 Å². The molecule has 2 aromatic rings. The van der Waals surface area contributed by atoms with Crippen molar-refractivity contribution in [3.63, 3.8) is 0 Å². The maximum atomic E-state index is 14.5. The highest BCUT2D eigenvalue weighted by Gasteiger charge is 2.20. The van der Waals surface area contributed by atoms with Crippen molar-refractivity contribution < 1.29 is 4.39 Å². The van der Waals surface area contributed by atoms with E-state index < -0.39 is 0 Å². The van der Waals surface area contributed by atoms with Crippen molar-refractivity contribution in [2.75, 3.05) is 6.54 Å². The van der Waals surface area contributed by atoms with Crippen LogP contribution in [-0.2, 0) is 0 Å². The Hall–Kier alpha value is -0.900. The second kappa shape index (κ2) is 6.91. The number of hydrogen-bond acceptors (Lipinski definition) is 1. The third kappa shape index (κ3) is 3.47. The van der Waals surface area contributed by atoms with Gasteiger partial charge in [-0.05, 0) is 65.1 Å². The van der Waals surface area contributed by atoms with Gasteiger partial charge in [0.2, 0.25) is 0 Å². The van der Waals surface area contributed by atoms with Gasteiger partial charge in [-0.15, -0.1) is 0 Å². The summed E-state index contributed by atoms with van der Waals surface area (Å²) in [6.45, 7) is 6.73. The lowest BCUT2D eigenvalue weighted by atomic mass is 9.93. The first-order valence-corrected chi connectivity index (χ1v) is 8.06. The lowest BCUT2D eigenvalue weighted by molar-refractivity contribution is 0.553. The van der Waals surface area contributed by atoms with Gasteiger partial charge in [0.25, 0.3) is 0 Å². The maximum absolute atomic E-state index is 14.5. The predicted molar refractivity (Wildman–Crippen MR) is 90.5 cm³/mol. The third-order valence-electron chi connectivity index (χ3n) is 3.56. The molecule has 0 aromatic heterocycles. The van der Waals surface area contributed by atoms with E-state index in [0.29, 0.717) is 10.0 Å². The quantitative estimate of drug-likeness (QED) is 0.743. The number of rotatable bonds is 4. The maximum Gasteiger partial charge on any atom is 0.142 e. The van der Waals surface area contributed by atoms with Crippen LogP contribution in [0.4, 0.5) is 4.39 Å². The van der Waals surface area contributed by atoms with Crippen LogP contribution in [0.5, 0.6) is 0 Å². The van der Waals surface area contributed by atoms with Crippen molar-refractivity contribution in [1.29, 1.82) is 0 Å². The van der Waals surface area contributed by atoms with Crippen molar-refractivity contribution in [3.8, 4) is 0 Å². The average Bonchev–Trinajstić information content (AvgIpc) is 2.44. The smallest absolute Gasteiger partial charge is 0.142 e. The SMILES string of the molecule is CCNC(c1cc(C)c(Cl)cc1C)c1cccc(Br)c1F. The van der Waals surface area contributed by atoms with Gasteiger partial charge < -0.3 is 5.32 Å². The lowest BCUT2D eigenvalue weighted by Gasteiger charge is -2.23. The zero-order chi connectivity index (χ0) is 15.6. The molecule has 0 aliphatic heterocycles. The fraction of sp³-hybridized carbons (Fsp3) is 0.294. The van der Waals surface area contributed by atoms with Crippen LogP contribution in [0.2, 0.25) is 5.02 Å². The normalized spacial score (nSPS) is 12.5. The summed E-state index contributed by atoms with van der Waals surface area (Å²) in [5, 5.41) is 4.10. The lowest BCUT2D eigenvalue weighted by Crippen LogP contribution is -2.24. The molecule has 1 atom stereocenters. The molecule has 21 heavy (non-hydrogen) atoms. The Kier molecular flexibility index (Phi) is 5.42. The molecule has 1 N–H and O–H groups in total. The number of aryl methyl sites for hydroxylation is 2. The zero-order valence-corrected chi connectivity index (χ0v) is 14.6. The van der Waals surface area contributed by atoms with E-state index in [1.54, 1.807) is 6.07 Å². The van der Waals surface area contributed by atoms with Crippen LogP contribution in [0, 0.1) is 19.7 Å². The minimum atomic E-state index is -0.226. The number of hydrogen-bond donors (Lipinski definition) is 1. The summed E-state index contributed by atoms with van der Waals surface area (Å²) in [4.78, 5) is 0. The summed E-state index contributed by atoms with van der Waals surface area (Å²) in [5.41, 5.74) is 3.73. The van der Waals surface area contributed by atoms with Crippen molar-refractivity contribution in [2.45, 2.75) is 26.8 Å². The second-order valence-corrected chi connectivity index (χ2v) is 6.35. The Bertz CT molecular complexity index is 657. The molecule has 2 aromatic carbocycles. The number of nitrogens with one attached hydrogen (secondary N) is 1. The molecule has 0 heterocycles. The Morgan fingerprint density at radius 1 is 1.19 bits per heavy atom. The van der Waals surface area contributed by atoms with Crippen LogP contribution in [0.1, 0.15) is 35.2 Å². The molecule has 0 aliphatic rings. The van der Waals surface area contributed by atoms with Gasteiger partial charge in [0, 0.05) is 10.6 Å². The van der Waals surface area contributed by atoms with Gasteiger partial charge in [0.05, 0.1) is 10.5 Å². The summed E-state index contributed by atoms with van der Waals surface area (Å²) in [7, 11) is 0. The number of benzene rings is 2. The Morgan fingerprint density at radius 3 is 2.57 bits per heavy atom. The molecule has 0 amide bonds. The van der Waals surface area contributed by atoms with Gasteiger partial charge in [0.1, 0.15) is 5.82 Å². The van der Waals surface area contributed by atoms with Gasteiger partial charge >= 0.3 is 0 Å². The van der Waals surface area contributed by atoms with Crippen LogP contribution in [-0.4, -0.2) is 6.54 Å². The van der Waals surface area contributed by atoms with Crippen LogP contribution >= 0.6 is 27.5 Å². The summed E-state index contributed by atoms with van der Waals surface area (Å²) in [6, 6.07) is 9.16. The van der Waals surface area contributed by atoms with Crippen molar-refractivity contribution >= 4 is 27.5 Å². The fourth-order valence-corrected chi connectivity index (χ4v) is 3.05. The van der Waals surface area contributed by atoms with Gasteiger partial charge in [0.15, 0.2) is 0 Å². The van der Waals surface area contributed by atoms with Gasteiger partial charge in [-0.2, -0.15) is 0 Å². The minimum Gasteiger partial charge on any atom is -0.306 e. The molecule has 0 spiro atoms. The first kappa shape index (κ1) is 16.5. The molecular weight excluding hydrogens is 353 g/mol. The summed E-state index contributed by atoms with van der Waals surface area (Å²) in [5.74, 6) is -0.226. The molecule has 0 saturated carbocycles. The zero-order valence-electron chi connectivity index (χ0n) is 12.3. The van der Waals surface area contributed by atoms with E-state index in [-0.39, 0.29) is 11.9 Å². The first-order valence-electron chi connectivity index (χ1n) is 6.89. The van der Waals surface area contributed by atoms with Crippen LogP contribution in [0.25, 0.3) is 0 Å². The molecule has 0 radical (unpaired) electrons. The fourth-order valence-electron chi connectivity index (χ4n) is 2.45. The Morgan fingerprint density at radius 2 is 1.90 bits per heavy atom. The first-order chi connectivity index (χ1) is 9.95. The van der Waals surface area contributed by atoms with Crippen molar-refractivity contribution in [1.82, 2.24) is 5.32 Å². The monoisotopic (exact) mass is 369 g/mol. The third-order valence-corrected chi connectivity index (χ3v) is 4.58. The molecule has 0 saturated heterocycles. The molecule has 1 nitrogen and oxygen atoms in total. The highest BCUT2D eigenvalue weighted by molar-refractivity contribution is 9.10. The predicted octanol–water partition coefficient (Wildman–Crippen LogP) is 5.56. The van der Waals surface area contributed by atoms with Crippen molar-refractivity contribution in [3.05, 3.63) is 67.9 Å². The summed E-state index contributed by atoms with van der Waals surface area (Å²) >= 11 is 9.43. The van der Waals surface area contributed by atoms with Crippen LogP contribution in [0.15, 0.2) is 34.8 Å². The van der Waals surface area contributed by atoms with E-state index in [2.05, 4.69) is 21.2 Å². The molecule has 2 rings (SSSR count). The Balaban J connectivity index is 2.59. The molecule has 0 fully saturated rings. The molecule has 0 aliphatic carbocycles.